The fourth-order valence-electron chi connectivity index (χ4n) is 7.71. The Labute approximate surface area is 302 Å². The number of H-pyrrole nitrogens is 1. The number of benzene rings is 1. The minimum atomic E-state index is -0.411. The molecule has 3 aliphatic heterocycles. The van der Waals surface area contributed by atoms with E-state index in [4.69, 9.17) is 9.72 Å². The van der Waals surface area contributed by atoms with E-state index in [2.05, 4.69) is 25.2 Å². The molecule has 13 heteroatoms. The maximum absolute atomic E-state index is 16.1. The number of aromatic amines is 1. The molecule has 0 bridgehead atoms. The summed E-state index contributed by atoms with van der Waals surface area (Å²) in [5.74, 6) is -0.128. The molecule has 2 fully saturated rings. The van der Waals surface area contributed by atoms with Crippen molar-refractivity contribution < 1.29 is 23.1 Å². The van der Waals surface area contributed by atoms with Gasteiger partial charge in [-0.2, -0.15) is 0 Å². The zero-order valence-corrected chi connectivity index (χ0v) is 29.3. The second kappa shape index (κ2) is 12.7. The van der Waals surface area contributed by atoms with Gasteiger partial charge in [0.25, 0.3) is 11.8 Å². The van der Waals surface area contributed by atoms with Gasteiger partial charge in [-0.15, -0.1) is 11.3 Å². The first kappa shape index (κ1) is 32.6. The van der Waals surface area contributed by atoms with E-state index < -0.39 is 5.82 Å². The van der Waals surface area contributed by atoms with Crippen molar-refractivity contribution in [2.75, 3.05) is 48.0 Å². The predicted molar refractivity (Wildman–Crippen MR) is 196 cm³/mol. The summed E-state index contributed by atoms with van der Waals surface area (Å²) in [5.41, 5.74) is 5.37. The van der Waals surface area contributed by atoms with Gasteiger partial charge in [0.15, 0.2) is 5.82 Å². The van der Waals surface area contributed by atoms with Crippen molar-refractivity contribution in [1.82, 2.24) is 19.9 Å². The second-order valence-electron chi connectivity index (χ2n) is 14.0. The van der Waals surface area contributed by atoms with Gasteiger partial charge >= 0.3 is 0 Å². The van der Waals surface area contributed by atoms with Crippen LogP contribution in [0.4, 0.5) is 26.0 Å². The number of anilines is 3. The molecule has 1 aliphatic carbocycles. The average molecular weight is 720 g/mol. The van der Waals surface area contributed by atoms with E-state index in [1.54, 1.807) is 41.4 Å². The number of hydrogen-bond acceptors (Lipinski definition) is 8. The van der Waals surface area contributed by atoms with Gasteiger partial charge in [0.2, 0.25) is 0 Å². The maximum Gasteiger partial charge on any atom is 0.259 e. The Morgan fingerprint density at radius 2 is 1.79 bits per heavy atom. The Morgan fingerprint density at radius 1 is 0.981 bits per heavy atom. The number of nitrogens with zero attached hydrogens (tertiary/aromatic N) is 5. The molecule has 5 aromatic rings. The number of aromatic nitrogens is 4. The summed E-state index contributed by atoms with van der Waals surface area (Å²) >= 11 is 1.23. The fourth-order valence-corrected chi connectivity index (χ4v) is 8.89. The molecular weight excluding hydrogens is 685 g/mol. The van der Waals surface area contributed by atoms with E-state index in [1.807, 2.05) is 25.1 Å². The number of rotatable bonds is 5. The summed E-state index contributed by atoms with van der Waals surface area (Å²) in [6, 6.07) is 14.0. The van der Waals surface area contributed by atoms with Crippen molar-refractivity contribution in [3.8, 4) is 21.3 Å². The zero-order chi connectivity index (χ0) is 35.6. The molecule has 1 aromatic carbocycles. The smallest absolute Gasteiger partial charge is 0.259 e. The number of carbonyl (C=O) groups is 2. The Hall–Kier alpha value is -5.27. The molecule has 2 amide bonds. The quantitative estimate of drug-likeness (QED) is 0.195. The average Bonchev–Trinajstić information content (AvgIpc) is 3.66. The topological polar surface area (TPSA) is 116 Å². The summed E-state index contributed by atoms with van der Waals surface area (Å²) in [5, 5.41) is 2.98. The van der Waals surface area contributed by atoms with Crippen LogP contribution in [0, 0.1) is 18.2 Å². The van der Waals surface area contributed by atoms with Crippen molar-refractivity contribution in [2.45, 2.75) is 39.0 Å². The van der Waals surface area contributed by atoms with Gasteiger partial charge in [-0.1, -0.05) is 0 Å². The first-order valence-electron chi connectivity index (χ1n) is 17.5. The minimum absolute atomic E-state index is 0.229. The highest BCUT2D eigenvalue weighted by molar-refractivity contribution is 7.19. The molecule has 4 aliphatic rings. The Balaban J connectivity index is 0.932. The summed E-state index contributed by atoms with van der Waals surface area (Å²) in [6.07, 6.45) is 6.08. The van der Waals surface area contributed by atoms with Crippen LogP contribution in [-0.4, -0.2) is 64.6 Å². The lowest BCUT2D eigenvalue weighted by Crippen LogP contribution is -2.59. The van der Waals surface area contributed by atoms with Crippen LogP contribution >= 0.6 is 11.3 Å². The maximum atomic E-state index is 16.1. The molecule has 0 radical (unpaired) electrons. The monoisotopic (exact) mass is 719 g/mol. The van der Waals surface area contributed by atoms with E-state index in [0.717, 1.165) is 44.8 Å². The third-order valence-electron chi connectivity index (χ3n) is 10.5. The fraction of sp³-hybridized carbons (Fsp3) is 0.308. The van der Waals surface area contributed by atoms with E-state index >= 15 is 4.39 Å². The number of fused-ring (bicyclic) bond motifs is 4. The molecule has 1 spiro atoms. The highest BCUT2D eigenvalue weighted by Gasteiger charge is 2.45. The van der Waals surface area contributed by atoms with E-state index in [0.29, 0.717) is 73.0 Å². The molecular formula is C39H35F2N7O3S. The molecule has 10 nitrogen and oxygen atoms in total. The lowest BCUT2D eigenvalue weighted by Gasteiger charge is -2.53. The molecule has 2 N–H and O–H groups in total. The number of pyridine rings is 2. The van der Waals surface area contributed by atoms with Gasteiger partial charge in [-0.05, 0) is 87.2 Å². The van der Waals surface area contributed by atoms with Crippen molar-refractivity contribution in [3.05, 3.63) is 100 Å². The number of thiophene rings is 1. The van der Waals surface area contributed by atoms with Crippen LogP contribution in [0.15, 0.2) is 60.6 Å². The molecule has 52 heavy (non-hydrogen) atoms. The molecule has 9 rings (SSSR count). The highest BCUT2D eigenvalue weighted by Crippen LogP contribution is 2.46. The van der Waals surface area contributed by atoms with Crippen molar-refractivity contribution in [2.24, 2.45) is 5.41 Å². The van der Waals surface area contributed by atoms with Gasteiger partial charge < -0.3 is 24.8 Å². The van der Waals surface area contributed by atoms with Crippen LogP contribution in [0.3, 0.4) is 0 Å². The Kier molecular flexibility index (Phi) is 8.00. The predicted octanol–water partition coefficient (Wildman–Crippen LogP) is 7.37. The largest absolute Gasteiger partial charge is 0.381 e. The van der Waals surface area contributed by atoms with Crippen molar-refractivity contribution in [3.63, 3.8) is 0 Å². The number of allylic oxidation sites excluding steroid dienone is 1. The number of nitrogens with one attached hydrogen (secondary N) is 2. The third kappa shape index (κ3) is 5.68. The summed E-state index contributed by atoms with van der Waals surface area (Å²) in [6.45, 7) is 5.40. The van der Waals surface area contributed by atoms with E-state index in [-0.39, 0.29) is 42.4 Å². The Morgan fingerprint density at radius 3 is 2.60 bits per heavy atom. The Bertz CT molecular complexity index is 2270. The van der Waals surface area contributed by atoms with Crippen LogP contribution in [0.1, 0.15) is 62.6 Å². The molecule has 0 unspecified atom stereocenters. The van der Waals surface area contributed by atoms with Crippen LogP contribution < -0.4 is 15.1 Å². The molecule has 264 valence electrons. The first-order chi connectivity index (χ1) is 25.2. The van der Waals surface area contributed by atoms with Gasteiger partial charge in [0, 0.05) is 73.4 Å². The van der Waals surface area contributed by atoms with Crippen LogP contribution in [-0.2, 0) is 17.6 Å². The number of amides is 2. The standard InChI is InChI=1S/C39H35F2N7O3S/c1-22-4-10-27(36(43-22)47-20-39(21-47)13-17-51-18-14-39)37(49)44-25-8-5-23(6-9-25)38(50)48-16-12-26-31(41)34(52-33(26)32-30(48)3-2-15-42-32)35-45-28-11-7-24(40)19-29(28)46-35/h2-6,8-10,15,19H,7,11-14,16-18,20-21H2,1H3,(H,44,49)(H,45,46). The molecule has 0 atom stereocenters. The van der Waals surface area contributed by atoms with Crippen molar-refractivity contribution >= 4 is 46.4 Å². The number of carbonyl (C=O) groups excluding carboxylic acids is 2. The number of hydrogen-bond donors (Lipinski definition) is 2. The molecule has 7 heterocycles. The third-order valence-corrected chi connectivity index (χ3v) is 11.8. The molecule has 4 aromatic heterocycles. The molecule has 2 saturated heterocycles. The summed E-state index contributed by atoms with van der Waals surface area (Å²) in [7, 11) is 0. The number of ether oxygens (including phenoxy) is 1. The first-order valence-corrected chi connectivity index (χ1v) is 18.3. The SMILES string of the molecule is Cc1ccc(C(=O)Nc2ccc(C(=O)N3CCc4c(sc(-c5nc6c([nH]5)C=C(F)CC6)c4F)-c4ncccc43)cc2)c(N2CC3(CCOCC3)C2)n1. The zero-order valence-electron chi connectivity index (χ0n) is 28.5. The number of halogens is 2. The second-order valence-corrected chi connectivity index (χ2v) is 15.0. The number of imidazole rings is 1. The van der Waals surface area contributed by atoms with E-state index in [1.165, 1.54) is 17.4 Å². The van der Waals surface area contributed by atoms with E-state index in [9.17, 15) is 14.0 Å². The normalized spacial score (nSPS) is 17.4. The number of aryl methyl sites for hydroxylation is 2. The minimum Gasteiger partial charge on any atom is -0.381 e. The van der Waals surface area contributed by atoms with Crippen LogP contribution in [0.25, 0.3) is 27.3 Å². The van der Waals surface area contributed by atoms with Crippen molar-refractivity contribution in [1.29, 1.82) is 0 Å². The van der Waals surface area contributed by atoms with Crippen LogP contribution in [0.2, 0.25) is 0 Å². The molecule has 0 saturated carbocycles. The van der Waals surface area contributed by atoms with Gasteiger partial charge in [-0.25, -0.2) is 18.7 Å². The highest BCUT2D eigenvalue weighted by atomic mass is 32.1. The summed E-state index contributed by atoms with van der Waals surface area (Å²) < 4.78 is 35.6. The summed E-state index contributed by atoms with van der Waals surface area (Å²) in [4.78, 5) is 49.4. The van der Waals surface area contributed by atoms with Gasteiger partial charge in [0.1, 0.15) is 28.0 Å². The van der Waals surface area contributed by atoms with Gasteiger partial charge in [-0.3, -0.25) is 14.6 Å². The lowest BCUT2D eigenvalue weighted by atomic mass is 9.73. The van der Waals surface area contributed by atoms with Gasteiger partial charge in [0.05, 0.1) is 27.5 Å². The van der Waals surface area contributed by atoms with Crippen LogP contribution in [0.5, 0.6) is 0 Å². The lowest BCUT2D eigenvalue weighted by molar-refractivity contribution is -0.000518.